The smallest absolute Gasteiger partial charge is 0.335 e. The fraction of sp³-hybridized carbons (Fsp3) is 0.188. The van der Waals surface area contributed by atoms with E-state index in [-0.39, 0.29) is 0 Å². The summed E-state index contributed by atoms with van der Waals surface area (Å²) in [4.78, 5) is 11.1. The van der Waals surface area contributed by atoms with Gasteiger partial charge in [0, 0.05) is 0 Å². The molecule has 0 aromatic heterocycles. The highest BCUT2D eigenvalue weighted by atomic mass is 16.4. The molecule has 0 unspecified atom stereocenters. The number of hydrogen-bond donors (Lipinski definition) is 1. The van der Waals surface area contributed by atoms with E-state index in [1.807, 2.05) is 30.3 Å². The standard InChI is InChI=1S/C16H16O2/c17-16(18)15-12-5-4-10-14(15)11-6-9-13-7-2-1-3-8-13/h1-5,7-8,10,12H,6,9,11H2,(H,17,18). The Bertz CT molecular complexity index is 518. The van der Waals surface area contributed by atoms with E-state index in [1.54, 1.807) is 12.1 Å². The van der Waals surface area contributed by atoms with Gasteiger partial charge in [0.2, 0.25) is 0 Å². The first-order chi connectivity index (χ1) is 8.77. The molecule has 0 saturated carbocycles. The van der Waals surface area contributed by atoms with E-state index in [0.717, 1.165) is 24.8 Å². The van der Waals surface area contributed by atoms with Gasteiger partial charge in [-0.05, 0) is 36.5 Å². The van der Waals surface area contributed by atoms with E-state index >= 15 is 0 Å². The molecular weight excluding hydrogens is 224 g/mol. The summed E-state index contributed by atoms with van der Waals surface area (Å²) < 4.78 is 0. The van der Waals surface area contributed by atoms with Crippen LogP contribution in [0.1, 0.15) is 27.9 Å². The Morgan fingerprint density at radius 1 is 0.889 bits per heavy atom. The molecule has 0 saturated heterocycles. The summed E-state index contributed by atoms with van der Waals surface area (Å²) >= 11 is 0. The summed E-state index contributed by atoms with van der Waals surface area (Å²) in [6.07, 6.45) is 2.75. The van der Waals surface area contributed by atoms with Gasteiger partial charge >= 0.3 is 5.97 Å². The average Bonchev–Trinajstić information content (AvgIpc) is 2.40. The molecule has 1 N–H and O–H groups in total. The van der Waals surface area contributed by atoms with Gasteiger partial charge in [-0.2, -0.15) is 0 Å². The maximum absolute atomic E-state index is 11.1. The third-order valence-electron chi connectivity index (χ3n) is 3.00. The van der Waals surface area contributed by atoms with Crippen LogP contribution in [0.15, 0.2) is 54.6 Å². The van der Waals surface area contributed by atoms with Crippen molar-refractivity contribution in [1.29, 1.82) is 0 Å². The number of aromatic carboxylic acids is 1. The van der Waals surface area contributed by atoms with Crippen LogP contribution in [0.3, 0.4) is 0 Å². The predicted octanol–water partition coefficient (Wildman–Crippen LogP) is 3.56. The third-order valence-corrected chi connectivity index (χ3v) is 3.00. The lowest BCUT2D eigenvalue weighted by atomic mass is 10.00. The van der Waals surface area contributed by atoms with Crippen molar-refractivity contribution in [3.8, 4) is 0 Å². The topological polar surface area (TPSA) is 37.3 Å². The number of hydrogen-bond acceptors (Lipinski definition) is 1. The van der Waals surface area contributed by atoms with E-state index in [9.17, 15) is 4.79 Å². The molecule has 0 aliphatic carbocycles. The van der Waals surface area contributed by atoms with Crippen LogP contribution in [0.25, 0.3) is 0 Å². The van der Waals surface area contributed by atoms with Crippen LogP contribution < -0.4 is 0 Å². The second kappa shape index (κ2) is 6.01. The van der Waals surface area contributed by atoms with Gasteiger partial charge < -0.3 is 5.11 Å². The molecule has 0 bridgehead atoms. The second-order valence-electron chi connectivity index (χ2n) is 4.30. The highest BCUT2D eigenvalue weighted by molar-refractivity contribution is 5.89. The van der Waals surface area contributed by atoms with E-state index in [1.165, 1.54) is 5.56 Å². The van der Waals surface area contributed by atoms with Crippen molar-refractivity contribution in [2.24, 2.45) is 0 Å². The molecule has 92 valence electrons. The molecular formula is C16H16O2. The van der Waals surface area contributed by atoms with Gasteiger partial charge in [0.25, 0.3) is 0 Å². The minimum Gasteiger partial charge on any atom is -0.478 e. The largest absolute Gasteiger partial charge is 0.478 e. The molecule has 0 aliphatic rings. The monoisotopic (exact) mass is 240 g/mol. The molecule has 18 heavy (non-hydrogen) atoms. The molecule has 0 radical (unpaired) electrons. The number of benzene rings is 2. The Kier molecular flexibility index (Phi) is 4.13. The Labute approximate surface area is 107 Å². The van der Waals surface area contributed by atoms with Gasteiger partial charge in [-0.25, -0.2) is 4.79 Å². The van der Waals surface area contributed by atoms with Gasteiger partial charge in [0.05, 0.1) is 5.56 Å². The summed E-state index contributed by atoms with van der Waals surface area (Å²) in [6, 6.07) is 17.5. The number of carboxylic acid groups (broad SMARTS) is 1. The van der Waals surface area contributed by atoms with E-state index in [4.69, 9.17) is 5.11 Å². The van der Waals surface area contributed by atoms with Gasteiger partial charge in [0.15, 0.2) is 0 Å². The maximum Gasteiger partial charge on any atom is 0.335 e. The minimum absolute atomic E-state index is 0.422. The highest BCUT2D eigenvalue weighted by Gasteiger charge is 2.08. The van der Waals surface area contributed by atoms with Crippen molar-refractivity contribution in [2.45, 2.75) is 19.3 Å². The van der Waals surface area contributed by atoms with Crippen molar-refractivity contribution >= 4 is 5.97 Å². The van der Waals surface area contributed by atoms with Crippen LogP contribution in [-0.2, 0) is 12.8 Å². The lowest BCUT2D eigenvalue weighted by Crippen LogP contribution is -2.02. The van der Waals surface area contributed by atoms with Crippen molar-refractivity contribution in [3.05, 3.63) is 71.3 Å². The SMILES string of the molecule is O=C(O)c1ccccc1CCCc1ccccc1. The van der Waals surface area contributed by atoms with Gasteiger partial charge in [-0.3, -0.25) is 0 Å². The molecule has 0 heterocycles. The molecule has 2 nitrogen and oxygen atoms in total. The molecule has 2 heteroatoms. The number of carbonyl (C=O) groups is 1. The summed E-state index contributed by atoms with van der Waals surface area (Å²) in [5, 5.41) is 9.08. The summed E-state index contributed by atoms with van der Waals surface area (Å²) in [5.74, 6) is -0.842. The van der Waals surface area contributed by atoms with Crippen molar-refractivity contribution < 1.29 is 9.90 Å². The lowest BCUT2D eigenvalue weighted by Gasteiger charge is -2.05. The van der Waals surface area contributed by atoms with Gasteiger partial charge in [-0.1, -0.05) is 48.5 Å². The maximum atomic E-state index is 11.1. The van der Waals surface area contributed by atoms with E-state index in [2.05, 4.69) is 12.1 Å². The molecule has 0 aliphatic heterocycles. The number of rotatable bonds is 5. The Morgan fingerprint density at radius 3 is 2.28 bits per heavy atom. The highest BCUT2D eigenvalue weighted by Crippen LogP contribution is 2.13. The third kappa shape index (κ3) is 3.20. The Balaban J connectivity index is 1.97. The van der Waals surface area contributed by atoms with Crippen LogP contribution in [0.2, 0.25) is 0 Å². The Morgan fingerprint density at radius 2 is 1.56 bits per heavy atom. The van der Waals surface area contributed by atoms with E-state index < -0.39 is 5.97 Å². The number of aryl methyl sites for hydroxylation is 2. The fourth-order valence-corrected chi connectivity index (χ4v) is 2.07. The average molecular weight is 240 g/mol. The summed E-state index contributed by atoms with van der Waals surface area (Å²) in [7, 11) is 0. The molecule has 2 aromatic rings. The Hall–Kier alpha value is -2.09. The van der Waals surface area contributed by atoms with Crippen LogP contribution in [0, 0.1) is 0 Å². The van der Waals surface area contributed by atoms with Crippen molar-refractivity contribution in [1.82, 2.24) is 0 Å². The zero-order valence-corrected chi connectivity index (χ0v) is 10.2. The van der Waals surface area contributed by atoms with Crippen molar-refractivity contribution in [2.75, 3.05) is 0 Å². The first kappa shape index (κ1) is 12.4. The van der Waals surface area contributed by atoms with Crippen molar-refractivity contribution in [3.63, 3.8) is 0 Å². The lowest BCUT2D eigenvalue weighted by molar-refractivity contribution is 0.0695. The molecule has 2 rings (SSSR count). The van der Waals surface area contributed by atoms with Crippen LogP contribution >= 0.6 is 0 Å². The molecule has 0 amide bonds. The molecule has 0 fully saturated rings. The van der Waals surface area contributed by atoms with Gasteiger partial charge in [0.1, 0.15) is 0 Å². The molecule has 2 aromatic carbocycles. The van der Waals surface area contributed by atoms with Crippen LogP contribution in [0.4, 0.5) is 0 Å². The number of carboxylic acids is 1. The predicted molar refractivity (Wildman–Crippen MR) is 71.9 cm³/mol. The summed E-state index contributed by atoms with van der Waals surface area (Å²) in [6.45, 7) is 0. The quantitative estimate of drug-likeness (QED) is 0.867. The second-order valence-corrected chi connectivity index (χ2v) is 4.30. The van der Waals surface area contributed by atoms with Crippen LogP contribution in [-0.4, -0.2) is 11.1 Å². The van der Waals surface area contributed by atoms with E-state index in [0.29, 0.717) is 5.56 Å². The normalized spacial score (nSPS) is 10.2. The minimum atomic E-state index is -0.842. The first-order valence-corrected chi connectivity index (χ1v) is 6.12. The molecule has 0 atom stereocenters. The zero-order valence-electron chi connectivity index (χ0n) is 10.2. The van der Waals surface area contributed by atoms with Crippen LogP contribution in [0.5, 0.6) is 0 Å². The van der Waals surface area contributed by atoms with Gasteiger partial charge in [-0.15, -0.1) is 0 Å². The summed E-state index contributed by atoms with van der Waals surface area (Å²) in [5.41, 5.74) is 2.64. The zero-order chi connectivity index (χ0) is 12.8. The molecule has 0 spiro atoms. The fourth-order valence-electron chi connectivity index (χ4n) is 2.07. The first-order valence-electron chi connectivity index (χ1n) is 6.12.